The first kappa shape index (κ1) is 17.3. The first-order valence-electron chi connectivity index (χ1n) is 5.60. The molecule has 0 radical (unpaired) electrons. The summed E-state index contributed by atoms with van der Waals surface area (Å²) in [4.78, 5) is -1.24. The van der Waals surface area contributed by atoms with Crippen LogP contribution in [-0.4, -0.2) is 17.9 Å². The van der Waals surface area contributed by atoms with Gasteiger partial charge in [0.05, 0.1) is 0 Å². The number of benzene rings is 1. The Labute approximate surface area is 152 Å². The highest BCUT2D eigenvalue weighted by atomic mass is 35.5. The molecule has 0 heterocycles. The summed E-state index contributed by atoms with van der Waals surface area (Å²) in [5, 5.41) is 0. The van der Waals surface area contributed by atoms with Crippen molar-refractivity contribution in [2.24, 2.45) is 0 Å². The van der Waals surface area contributed by atoms with Crippen molar-refractivity contribution in [3.63, 3.8) is 0 Å². The van der Waals surface area contributed by atoms with Gasteiger partial charge < -0.3 is 0 Å². The van der Waals surface area contributed by atoms with E-state index in [1.807, 2.05) is 30.3 Å². The fourth-order valence-electron chi connectivity index (χ4n) is 1.98. The highest BCUT2D eigenvalue weighted by Crippen LogP contribution is 2.64. The molecule has 110 valence electrons. The lowest BCUT2D eigenvalue weighted by Gasteiger charge is -2.50. The van der Waals surface area contributed by atoms with Gasteiger partial charge in [0.25, 0.3) is 0 Å². The Balaban J connectivity index is 2.46. The third-order valence-corrected chi connectivity index (χ3v) is 7.93. The third-order valence-electron chi connectivity index (χ3n) is 3.20. The Morgan fingerprint density at radius 1 is 0.700 bits per heavy atom. The van der Waals surface area contributed by atoms with E-state index in [-0.39, 0.29) is 0 Å². The first-order chi connectivity index (χ1) is 9.04. The van der Waals surface area contributed by atoms with Gasteiger partial charge >= 0.3 is 0 Å². The predicted octanol–water partition coefficient (Wildman–Crippen LogP) is 6.30. The fraction of sp³-hybridized carbons (Fsp3) is 0.385. The standard InChI is InChI=1S/C13H9Cl7/c14-10(8-9-4-2-1-3-5-9)6-7-11(15,16)13(19,20)12(10,17)18/h1-7H,8H2. The van der Waals surface area contributed by atoms with E-state index < -0.39 is 17.9 Å². The van der Waals surface area contributed by atoms with E-state index in [1.54, 1.807) is 6.08 Å². The summed E-state index contributed by atoms with van der Waals surface area (Å²) in [5.74, 6) is 0. The van der Waals surface area contributed by atoms with Gasteiger partial charge in [0, 0.05) is 0 Å². The van der Waals surface area contributed by atoms with Gasteiger partial charge in [0.15, 0.2) is 13.0 Å². The SMILES string of the molecule is ClC1(Cl)C=CC(Cl)(Cc2ccccc2)C(Cl)(Cl)C1(Cl)Cl. The van der Waals surface area contributed by atoms with E-state index in [1.165, 1.54) is 6.08 Å². The number of hydrogen-bond acceptors (Lipinski definition) is 0. The minimum Gasteiger partial charge on any atom is -0.111 e. The molecule has 1 aliphatic rings. The average molecular weight is 413 g/mol. The largest absolute Gasteiger partial charge is 0.189 e. The Bertz CT molecular complexity index is 521. The van der Waals surface area contributed by atoms with Crippen molar-refractivity contribution < 1.29 is 0 Å². The van der Waals surface area contributed by atoms with E-state index in [0.29, 0.717) is 6.42 Å². The molecular weight excluding hydrogens is 404 g/mol. The molecule has 0 bridgehead atoms. The van der Waals surface area contributed by atoms with Gasteiger partial charge in [-0.3, -0.25) is 0 Å². The highest BCUT2D eigenvalue weighted by molar-refractivity contribution is 6.72. The summed E-state index contributed by atoms with van der Waals surface area (Å²) >= 11 is 43.8. The van der Waals surface area contributed by atoms with Crippen LogP contribution in [0.5, 0.6) is 0 Å². The van der Waals surface area contributed by atoms with E-state index >= 15 is 0 Å². The lowest BCUT2D eigenvalue weighted by Crippen LogP contribution is -2.62. The van der Waals surface area contributed by atoms with E-state index in [9.17, 15) is 0 Å². The van der Waals surface area contributed by atoms with Crippen LogP contribution in [0.2, 0.25) is 0 Å². The van der Waals surface area contributed by atoms with Crippen molar-refractivity contribution in [3.05, 3.63) is 48.0 Å². The van der Waals surface area contributed by atoms with Crippen molar-refractivity contribution in [2.45, 2.75) is 24.3 Å². The van der Waals surface area contributed by atoms with Crippen molar-refractivity contribution in [2.75, 3.05) is 0 Å². The maximum atomic E-state index is 6.58. The number of hydrogen-bond donors (Lipinski definition) is 0. The second-order valence-electron chi connectivity index (χ2n) is 4.63. The highest BCUT2D eigenvalue weighted by Gasteiger charge is 2.69. The predicted molar refractivity (Wildman–Crippen MR) is 91.2 cm³/mol. The van der Waals surface area contributed by atoms with Gasteiger partial charge in [-0.05, 0) is 18.1 Å². The minimum atomic E-state index is -1.88. The third kappa shape index (κ3) is 2.67. The zero-order valence-electron chi connectivity index (χ0n) is 9.89. The Morgan fingerprint density at radius 3 is 1.80 bits per heavy atom. The summed E-state index contributed by atoms with van der Waals surface area (Å²) in [6, 6.07) is 9.46. The normalized spacial score (nSPS) is 30.1. The molecule has 1 aromatic rings. The average Bonchev–Trinajstić information content (AvgIpc) is 2.36. The monoisotopic (exact) mass is 410 g/mol. The van der Waals surface area contributed by atoms with Crippen LogP contribution < -0.4 is 0 Å². The number of halogens is 7. The van der Waals surface area contributed by atoms with Crippen LogP contribution in [0, 0.1) is 0 Å². The number of alkyl halides is 7. The molecule has 0 N–H and O–H groups in total. The van der Waals surface area contributed by atoms with E-state index in [2.05, 4.69) is 0 Å². The quantitative estimate of drug-likeness (QED) is 0.394. The van der Waals surface area contributed by atoms with Crippen molar-refractivity contribution >= 4 is 81.2 Å². The molecule has 1 atom stereocenters. The van der Waals surface area contributed by atoms with Crippen molar-refractivity contribution in [3.8, 4) is 0 Å². The summed E-state index contributed by atoms with van der Waals surface area (Å²) in [6.07, 6.45) is 3.28. The Kier molecular flexibility index (Phi) is 4.83. The molecular formula is C13H9Cl7. The van der Waals surface area contributed by atoms with Gasteiger partial charge in [-0.25, -0.2) is 0 Å². The molecule has 0 fully saturated rings. The molecule has 7 heteroatoms. The maximum absolute atomic E-state index is 6.58. The summed E-state index contributed by atoms with van der Waals surface area (Å²) in [5.41, 5.74) is 0.929. The molecule has 1 aromatic carbocycles. The van der Waals surface area contributed by atoms with Crippen LogP contribution in [0.15, 0.2) is 42.5 Å². The Hall–Kier alpha value is 0.990. The van der Waals surface area contributed by atoms with Gasteiger partial charge in [-0.2, -0.15) is 0 Å². The van der Waals surface area contributed by atoms with Crippen LogP contribution in [0.1, 0.15) is 5.56 Å². The minimum absolute atomic E-state index is 0.323. The second-order valence-corrected chi connectivity index (χ2v) is 9.34. The lowest BCUT2D eigenvalue weighted by atomic mass is 9.87. The van der Waals surface area contributed by atoms with Gasteiger partial charge in [0.2, 0.25) is 0 Å². The smallest absolute Gasteiger partial charge is 0.111 e. The van der Waals surface area contributed by atoms with E-state index in [4.69, 9.17) is 81.2 Å². The number of allylic oxidation sites excluding steroid dienone is 2. The van der Waals surface area contributed by atoms with Crippen LogP contribution in [0.4, 0.5) is 0 Å². The van der Waals surface area contributed by atoms with Crippen LogP contribution in [-0.2, 0) is 6.42 Å². The molecule has 0 saturated carbocycles. The molecule has 20 heavy (non-hydrogen) atoms. The van der Waals surface area contributed by atoms with Crippen molar-refractivity contribution in [1.82, 2.24) is 0 Å². The zero-order chi connectivity index (χ0) is 15.2. The maximum Gasteiger partial charge on any atom is 0.189 e. The molecule has 0 amide bonds. The molecule has 1 unspecified atom stereocenters. The fourth-order valence-corrected chi connectivity index (χ4v) is 4.06. The second kappa shape index (κ2) is 5.57. The van der Waals surface area contributed by atoms with Gasteiger partial charge in [-0.1, -0.05) is 106 Å². The lowest BCUT2D eigenvalue weighted by molar-refractivity contribution is 0.497. The van der Waals surface area contributed by atoms with Gasteiger partial charge in [-0.15, -0.1) is 11.6 Å². The summed E-state index contributed by atoms with van der Waals surface area (Å²) in [6.45, 7) is 0. The topological polar surface area (TPSA) is 0 Å². The van der Waals surface area contributed by atoms with E-state index in [0.717, 1.165) is 5.56 Å². The molecule has 0 saturated heterocycles. The molecule has 0 nitrogen and oxygen atoms in total. The molecule has 2 rings (SSSR count). The Morgan fingerprint density at radius 2 is 1.25 bits per heavy atom. The zero-order valence-corrected chi connectivity index (χ0v) is 15.2. The first-order valence-corrected chi connectivity index (χ1v) is 8.25. The van der Waals surface area contributed by atoms with Crippen molar-refractivity contribution in [1.29, 1.82) is 0 Å². The molecule has 0 aromatic heterocycles. The van der Waals surface area contributed by atoms with Crippen LogP contribution in [0.25, 0.3) is 0 Å². The molecule has 0 spiro atoms. The van der Waals surface area contributed by atoms with Crippen LogP contribution in [0.3, 0.4) is 0 Å². The van der Waals surface area contributed by atoms with Crippen LogP contribution >= 0.6 is 81.2 Å². The number of rotatable bonds is 2. The molecule has 0 aliphatic heterocycles. The summed E-state index contributed by atoms with van der Waals surface area (Å²) < 4.78 is -5.31. The molecule has 1 aliphatic carbocycles. The van der Waals surface area contributed by atoms with Gasteiger partial charge in [0.1, 0.15) is 4.87 Å². The summed E-state index contributed by atoms with van der Waals surface area (Å²) in [7, 11) is 0.